The van der Waals surface area contributed by atoms with Gasteiger partial charge in [0.05, 0.1) is 12.1 Å². The molecule has 4 rings (SSSR count). The van der Waals surface area contributed by atoms with E-state index in [1.165, 1.54) is 22.3 Å². The Morgan fingerprint density at radius 2 is 1.61 bits per heavy atom. The molecule has 0 radical (unpaired) electrons. The van der Waals surface area contributed by atoms with E-state index in [1.807, 2.05) is 6.07 Å². The molecule has 2 aromatic carbocycles. The van der Waals surface area contributed by atoms with E-state index in [0.717, 1.165) is 12.1 Å². The lowest BCUT2D eigenvalue weighted by Gasteiger charge is -2.34. The van der Waals surface area contributed by atoms with Gasteiger partial charge >= 0.3 is 0 Å². The van der Waals surface area contributed by atoms with Gasteiger partial charge in [0, 0.05) is 42.7 Å². The quantitative estimate of drug-likeness (QED) is 0.621. The molecule has 3 amide bonds. The summed E-state index contributed by atoms with van der Waals surface area (Å²) in [6, 6.07) is 11.8. The zero-order valence-corrected chi connectivity index (χ0v) is 18.3. The first-order valence-corrected chi connectivity index (χ1v) is 11.1. The van der Waals surface area contributed by atoms with Gasteiger partial charge < -0.3 is 9.80 Å². The number of carbonyl (C=O) groups is 3. The molecule has 170 valence electrons. The van der Waals surface area contributed by atoms with Crippen LogP contribution in [0.25, 0.3) is 0 Å². The first-order valence-electron chi connectivity index (χ1n) is 10.2. The van der Waals surface area contributed by atoms with Crippen molar-refractivity contribution in [2.24, 2.45) is 0 Å². The fourth-order valence-electron chi connectivity index (χ4n) is 3.44. The molecule has 0 unspecified atom stereocenters. The number of hydrogen-bond acceptors (Lipinski definition) is 5. The van der Waals surface area contributed by atoms with Gasteiger partial charge in [-0.05, 0) is 30.3 Å². The number of thiazole rings is 1. The van der Waals surface area contributed by atoms with Gasteiger partial charge in [-0.3, -0.25) is 19.7 Å². The van der Waals surface area contributed by atoms with Gasteiger partial charge in [0.15, 0.2) is 16.8 Å². The van der Waals surface area contributed by atoms with Crippen molar-refractivity contribution in [3.05, 3.63) is 82.4 Å². The Labute approximate surface area is 192 Å². The van der Waals surface area contributed by atoms with Gasteiger partial charge in [0.1, 0.15) is 0 Å². The van der Waals surface area contributed by atoms with Crippen molar-refractivity contribution in [2.45, 2.75) is 6.42 Å². The third-order valence-corrected chi connectivity index (χ3v) is 6.03. The molecule has 1 aliphatic heterocycles. The molecule has 10 heteroatoms. The number of halogens is 2. The number of piperazine rings is 1. The number of carbonyl (C=O) groups excluding carboxylic acids is 3. The van der Waals surface area contributed by atoms with Crippen molar-refractivity contribution in [1.29, 1.82) is 0 Å². The van der Waals surface area contributed by atoms with E-state index in [9.17, 15) is 23.2 Å². The Balaban J connectivity index is 1.28. The van der Waals surface area contributed by atoms with E-state index in [1.54, 1.807) is 34.5 Å². The lowest BCUT2D eigenvalue weighted by Crippen LogP contribution is -2.51. The van der Waals surface area contributed by atoms with Crippen molar-refractivity contribution < 1.29 is 23.2 Å². The third-order valence-electron chi connectivity index (χ3n) is 5.23. The second-order valence-corrected chi connectivity index (χ2v) is 8.30. The number of nitrogens with one attached hydrogen (secondary N) is 1. The monoisotopic (exact) mass is 470 g/mol. The second kappa shape index (κ2) is 9.86. The average molecular weight is 471 g/mol. The van der Waals surface area contributed by atoms with E-state index in [2.05, 4.69) is 10.3 Å². The largest absolute Gasteiger partial charge is 0.339 e. The predicted molar refractivity (Wildman–Crippen MR) is 119 cm³/mol. The van der Waals surface area contributed by atoms with Gasteiger partial charge in [0.25, 0.3) is 11.8 Å². The van der Waals surface area contributed by atoms with E-state index in [0.29, 0.717) is 42.6 Å². The zero-order valence-electron chi connectivity index (χ0n) is 17.5. The van der Waals surface area contributed by atoms with Crippen LogP contribution in [0.15, 0.2) is 53.9 Å². The van der Waals surface area contributed by atoms with E-state index in [4.69, 9.17) is 0 Å². The van der Waals surface area contributed by atoms with Gasteiger partial charge in [-0.25, -0.2) is 13.8 Å². The minimum Gasteiger partial charge on any atom is -0.339 e. The minimum atomic E-state index is -1.07. The Bertz CT molecular complexity index is 1180. The van der Waals surface area contributed by atoms with Crippen LogP contribution in [-0.2, 0) is 11.2 Å². The van der Waals surface area contributed by atoms with Crippen molar-refractivity contribution in [1.82, 2.24) is 14.8 Å². The van der Waals surface area contributed by atoms with E-state index >= 15 is 0 Å². The number of aromatic nitrogens is 1. The molecule has 1 aromatic heterocycles. The van der Waals surface area contributed by atoms with Gasteiger partial charge in [0.2, 0.25) is 5.91 Å². The highest BCUT2D eigenvalue weighted by atomic mass is 32.1. The number of benzene rings is 2. The lowest BCUT2D eigenvalue weighted by atomic mass is 10.1. The maximum absolute atomic E-state index is 13.4. The van der Waals surface area contributed by atoms with Crippen LogP contribution in [0, 0.1) is 11.6 Å². The number of amides is 3. The van der Waals surface area contributed by atoms with Crippen molar-refractivity contribution in [3.8, 4) is 0 Å². The summed E-state index contributed by atoms with van der Waals surface area (Å²) in [7, 11) is 0. The molecule has 0 bridgehead atoms. The number of nitrogens with zero attached hydrogens (tertiary/aromatic N) is 3. The normalized spacial score (nSPS) is 13.6. The lowest BCUT2D eigenvalue weighted by molar-refractivity contribution is -0.132. The molecule has 0 aliphatic carbocycles. The maximum Gasteiger partial charge on any atom is 0.257 e. The molecule has 1 N–H and O–H groups in total. The summed E-state index contributed by atoms with van der Waals surface area (Å²) in [5.74, 6) is -2.89. The molecule has 33 heavy (non-hydrogen) atoms. The van der Waals surface area contributed by atoms with Crippen LogP contribution in [0.3, 0.4) is 0 Å². The summed E-state index contributed by atoms with van der Waals surface area (Å²) in [6.45, 7) is 1.24. The van der Waals surface area contributed by atoms with Crippen LogP contribution in [0.4, 0.5) is 13.9 Å². The summed E-state index contributed by atoms with van der Waals surface area (Å²) in [4.78, 5) is 44.9. The van der Waals surface area contributed by atoms with Crippen LogP contribution in [-0.4, -0.2) is 58.7 Å². The fourth-order valence-corrected chi connectivity index (χ4v) is 4.15. The molecule has 1 aliphatic rings. The summed E-state index contributed by atoms with van der Waals surface area (Å²) < 4.78 is 26.5. The summed E-state index contributed by atoms with van der Waals surface area (Å²) in [5.41, 5.74) is 1.14. The zero-order chi connectivity index (χ0) is 23.4. The van der Waals surface area contributed by atoms with Crippen LogP contribution in [0.5, 0.6) is 0 Å². The highest BCUT2D eigenvalue weighted by Crippen LogP contribution is 2.18. The van der Waals surface area contributed by atoms with Crippen LogP contribution in [0.2, 0.25) is 0 Å². The summed E-state index contributed by atoms with van der Waals surface area (Å²) in [6.07, 6.45) is 0.0782. The first kappa shape index (κ1) is 22.5. The standard InChI is InChI=1S/C23H20F2N4O3S/c24-18-7-6-16(12-19(18)25)22(32)29-10-8-28(9-11-29)20(30)13-17-14-33-23(26-17)27-21(31)15-4-2-1-3-5-15/h1-7,12,14H,8-11,13H2,(H,26,27,31). The average Bonchev–Trinajstić information content (AvgIpc) is 3.27. The molecule has 1 saturated heterocycles. The SMILES string of the molecule is O=C(Nc1nc(CC(=O)N2CCN(C(=O)c3ccc(F)c(F)c3)CC2)cs1)c1ccccc1. The molecule has 0 atom stereocenters. The molecule has 2 heterocycles. The summed E-state index contributed by atoms with van der Waals surface area (Å²) >= 11 is 1.24. The Kier molecular flexibility index (Phi) is 6.74. The molecular formula is C23H20F2N4O3S. The summed E-state index contributed by atoms with van der Waals surface area (Å²) in [5, 5.41) is 4.86. The second-order valence-electron chi connectivity index (χ2n) is 7.44. The Morgan fingerprint density at radius 1 is 0.909 bits per heavy atom. The van der Waals surface area contributed by atoms with Crippen molar-refractivity contribution in [3.63, 3.8) is 0 Å². The molecule has 1 fully saturated rings. The van der Waals surface area contributed by atoms with Crippen molar-refractivity contribution >= 4 is 34.2 Å². The van der Waals surface area contributed by atoms with Crippen LogP contribution < -0.4 is 5.32 Å². The molecular weight excluding hydrogens is 450 g/mol. The Hall–Kier alpha value is -3.66. The third kappa shape index (κ3) is 5.40. The van der Waals surface area contributed by atoms with Gasteiger partial charge in [-0.2, -0.15) is 0 Å². The van der Waals surface area contributed by atoms with Crippen molar-refractivity contribution in [2.75, 3.05) is 31.5 Å². The maximum atomic E-state index is 13.4. The first-order chi connectivity index (χ1) is 15.9. The fraction of sp³-hybridized carbons (Fsp3) is 0.217. The molecule has 0 spiro atoms. The van der Waals surface area contributed by atoms with E-state index < -0.39 is 17.5 Å². The van der Waals surface area contributed by atoms with Gasteiger partial charge in [-0.15, -0.1) is 11.3 Å². The number of anilines is 1. The molecule has 3 aromatic rings. The predicted octanol–water partition coefficient (Wildman–Crippen LogP) is 3.20. The highest BCUT2D eigenvalue weighted by Gasteiger charge is 2.26. The number of hydrogen-bond donors (Lipinski definition) is 1. The van der Waals surface area contributed by atoms with E-state index in [-0.39, 0.29) is 23.8 Å². The van der Waals surface area contributed by atoms with Crippen LogP contribution >= 0.6 is 11.3 Å². The number of rotatable bonds is 5. The molecule has 7 nitrogen and oxygen atoms in total. The Morgan fingerprint density at radius 3 is 2.30 bits per heavy atom. The topological polar surface area (TPSA) is 82.6 Å². The highest BCUT2D eigenvalue weighted by molar-refractivity contribution is 7.14. The minimum absolute atomic E-state index is 0.0706. The smallest absolute Gasteiger partial charge is 0.257 e. The molecule has 0 saturated carbocycles. The van der Waals surface area contributed by atoms with Gasteiger partial charge in [-0.1, -0.05) is 18.2 Å². The van der Waals surface area contributed by atoms with Crippen LogP contribution in [0.1, 0.15) is 26.4 Å².